The summed E-state index contributed by atoms with van der Waals surface area (Å²) in [4.78, 5) is 11.5. The summed E-state index contributed by atoms with van der Waals surface area (Å²) < 4.78 is 29.5. The molecule has 1 unspecified atom stereocenters. The number of methoxy groups -OCH3 is 1. The zero-order chi connectivity index (χ0) is 11.9. The molecule has 86 valence electrons. The molecule has 5 nitrogen and oxygen atoms in total. The fourth-order valence-corrected chi connectivity index (χ4v) is 4.22. The van der Waals surface area contributed by atoms with Crippen LogP contribution in [0.5, 0.6) is 0 Å². The molecule has 1 aliphatic rings. The number of sulfonamides is 1. The van der Waals surface area contributed by atoms with Crippen LogP contribution in [0.1, 0.15) is 10.8 Å². The SMILES string of the molecule is COC(=O)C1c2ccccc2N(I)S1(=O)=O. The number of anilines is 1. The number of hydrogen-bond acceptors (Lipinski definition) is 4. The van der Waals surface area contributed by atoms with E-state index in [9.17, 15) is 13.2 Å². The van der Waals surface area contributed by atoms with Crippen LogP contribution in [-0.4, -0.2) is 21.5 Å². The number of rotatable bonds is 1. The van der Waals surface area contributed by atoms with Gasteiger partial charge in [-0.25, -0.2) is 10.9 Å². The van der Waals surface area contributed by atoms with E-state index in [1.165, 1.54) is 7.11 Å². The molecule has 1 aromatic carbocycles. The number of ether oxygens (including phenoxy) is 1. The summed E-state index contributed by atoms with van der Waals surface area (Å²) in [5.41, 5.74) is 0.974. The van der Waals surface area contributed by atoms with Gasteiger partial charge >= 0.3 is 5.97 Å². The molecule has 0 N–H and O–H groups in total. The van der Waals surface area contributed by atoms with E-state index in [1.807, 2.05) is 0 Å². The summed E-state index contributed by atoms with van der Waals surface area (Å²) in [5, 5.41) is -1.24. The van der Waals surface area contributed by atoms with E-state index in [2.05, 4.69) is 4.74 Å². The van der Waals surface area contributed by atoms with Gasteiger partial charge in [-0.3, -0.25) is 4.79 Å². The lowest BCUT2D eigenvalue weighted by Crippen LogP contribution is -2.25. The van der Waals surface area contributed by atoms with E-state index in [1.54, 1.807) is 47.1 Å². The topological polar surface area (TPSA) is 63.7 Å². The van der Waals surface area contributed by atoms with Crippen LogP contribution in [-0.2, 0) is 19.6 Å². The molecule has 0 saturated carbocycles. The highest BCUT2D eigenvalue weighted by molar-refractivity contribution is 14.1. The van der Waals surface area contributed by atoms with Gasteiger partial charge in [0.2, 0.25) is 5.25 Å². The summed E-state index contributed by atoms with van der Waals surface area (Å²) in [6.45, 7) is 0. The van der Waals surface area contributed by atoms with E-state index in [0.717, 1.165) is 2.52 Å². The predicted molar refractivity (Wildman–Crippen MR) is 66.6 cm³/mol. The van der Waals surface area contributed by atoms with Crippen molar-refractivity contribution in [2.24, 2.45) is 0 Å². The number of halogens is 1. The van der Waals surface area contributed by atoms with Crippen LogP contribution in [0.2, 0.25) is 0 Å². The molecule has 1 aliphatic heterocycles. The van der Waals surface area contributed by atoms with Crippen molar-refractivity contribution in [2.75, 3.05) is 9.63 Å². The van der Waals surface area contributed by atoms with Gasteiger partial charge in [-0.2, -0.15) is 0 Å². The maximum atomic E-state index is 12.0. The van der Waals surface area contributed by atoms with Crippen molar-refractivity contribution >= 4 is 44.5 Å². The van der Waals surface area contributed by atoms with Gasteiger partial charge in [-0.15, -0.1) is 0 Å². The smallest absolute Gasteiger partial charge is 0.330 e. The molecule has 0 bridgehead atoms. The second-order valence-electron chi connectivity index (χ2n) is 3.22. The summed E-state index contributed by atoms with van der Waals surface area (Å²) in [6, 6.07) is 6.69. The fraction of sp³-hybridized carbons (Fsp3) is 0.222. The zero-order valence-electron chi connectivity index (χ0n) is 8.25. The van der Waals surface area contributed by atoms with Crippen molar-refractivity contribution in [2.45, 2.75) is 5.25 Å². The first kappa shape index (κ1) is 11.6. The lowest BCUT2D eigenvalue weighted by molar-refractivity contribution is -0.140. The second-order valence-corrected chi connectivity index (χ2v) is 6.71. The molecular formula is C9H8INO4S. The standard InChI is InChI=1S/C9H8INO4S/c1-15-9(12)8-6-4-2-3-5-7(6)11(10)16(8,13)14/h2-5,8H,1H3. The number of carbonyl (C=O) groups excluding carboxylic acids is 1. The summed E-state index contributed by atoms with van der Waals surface area (Å²) in [7, 11) is -2.51. The Hall–Kier alpha value is -0.830. The van der Waals surface area contributed by atoms with Gasteiger partial charge in [-0.05, 0) is 6.07 Å². The van der Waals surface area contributed by atoms with E-state index < -0.39 is 21.2 Å². The molecule has 0 fully saturated rings. The lowest BCUT2D eigenvalue weighted by atomic mass is 10.1. The third-order valence-electron chi connectivity index (χ3n) is 2.35. The van der Waals surface area contributed by atoms with Crippen LogP contribution in [0.15, 0.2) is 24.3 Å². The molecular weight excluding hydrogens is 345 g/mol. The van der Waals surface area contributed by atoms with Crippen molar-refractivity contribution < 1.29 is 17.9 Å². The van der Waals surface area contributed by atoms with Gasteiger partial charge in [-0.1, -0.05) is 18.2 Å². The van der Waals surface area contributed by atoms with Crippen LogP contribution in [0.3, 0.4) is 0 Å². The van der Waals surface area contributed by atoms with E-state index in [4.69, 9.17) is 0 Å². The van der Waals surface area contributed by atoms with Crippen LogP contribution in [0.25, 0.3) is 0 Å². The minimum absolute atomic E-state index is 0.462. The molecule has 0 amide bonds. The van der Waals surface area contributed by atoms with Gasteiger partial charge in [0.05, 0.1) is 35.7 Å². The van der Waals surface area contributed by atoms with Crippen molar-refractivity contribution in [3.8, 4) is 0 Å². The highest BCUT2D eigenvalue weighted by Crippen LogP contribution is 2.44. The first-order valence-electron chi connectivity index (χ1n) is 4.37. The highest BCUT2D eigenvalue weighted by Gasteiger charge is 2.47. The number of para-hydroxylation sites is 1. The van der Waals surface area contributed by atoms with Gasteiger partial charge < -0.3 is 4.74 Å². The Labute approximate surface area is 107 Å². The van der Waals surface area contributed by atoms with Crippen LogP contribution < -0.4 is 2.52 Å². The lowest BCUT2D eigenvalue weighted by Gasteiger charge is -2.10. The van der Waals surface area contributed by atoms with E-state index in [0.29, 0.717) is 11.3 Å². The Kier molecular flexibility index (Phi) is 2.82. The Morgan fingerprint density at radius 3 is 2.69 bits per heavy atom. The Bertz CT molecular complexity index is 542. The fourth-order valence-electron chi connectivity index (χ4n) is 1.62. The largest absolute Gasteiger partial charge is 0.468 e. The van der Waals surface area contributed by atoms with Crippen molar-refractivity contribution in [1.29, 1.82) is 0 Å². The van der Waals surface area contributed by atoms with Crippen molar-refractivity contribution in [1.82, 2.24) is 0 Å². The number of benzene rings is 1. The van der Waals surface area contributed by atoms with Crippen molar-refractivity contribution in [3.63, 3.8) is 0 Å². The average molecular weight is 353 g/mol. The first-order chi connectivity index (χ1) is 7.50. The number of nitrogens with zero attached hydrogens (tertiary/aromatic N) is 1. The Morgan fingerprint density at radius 2 is 2.06 bits per heavy atom. The Balaban J connectivity index is 2.66. The second kappa shape index (κ2) is 3.88. The number of fused-ring (bicyclic) bond motifs is 1. The normalized spacial score (nSPS) is 21.6. The van der Waals surface area contributed by atoms with Gasteiger partial charge in [0.25, 0.3) is 10.0 Å². The van der Waals surface area contributed by atoms with Crippen molar-refractivity contribution in [3.05, 3.63) is 29.8 Å². The third-order valence-corrected chi connectivity index (χ3v) is 6.20. The summed E-state index contributed by atoms with van der Waals surface area (Å²) in [5.74, 6) is -0.758. The van der Waals surface area contributed by atoms with Gasteiger partial charge in [0, 0.05) is 5.56 Å². The van der Waals surface area contributed by atoms with E-state index in [-0.39, 0.29) is 0 Å². The molecule has 0 aliphatic carbocycles. The first-order valence-corrected chi connectivity index (χ1v) is 6.83. The molecule has 0 aromatic heterocycles. The minimum Gasteiger partial charge on any atom is -0.468 e. The zero-order valence-corrected chi connectivity index (χ0v) is 11.2. The monoisotopic (exact) mass is 353 g/mol. The molecule has 16 heavy (non-hydrogen) atoms. The summed E-state index contributed by atoms with van der Waals surface area (Å²) in [6.07, 6.45) is 0. The Morgan fingerprint density at radius 1 is 1.44 bits per heavy atom. The van der Waals surface area contributed by atoms with Gasteiger partial charge in [0.1, 0.15) is 0 Å². The van der Waals surface area contributed by atoms with Crippen LogP contribution >= 0.6 is 22.9 Å². The maximum absolute atomic E-state index is 12.0. The molecule has 0 spiro atoms. The number of esters is 1. The molecule has 0 radical (unpaired) electrons. The molecule has 0 saturated heterocycles. The van der Waals surface area contributed by atoms with Crippen LogP contribution in [0, 0.1) is 0 Å². The molecule has 1 heterocycles. The quantitative estimate of drug-likeness (QED) is 0.435. The van der Waals surface area contributed by atoms with Crippen LogP contribution in [0.4, 0.5) is 5.69 Å². The molecule has 1 atom stereocenters. The highest BCUT2D eigenvalue weighted by atomic mass is 127. The third kappa shape index (κ3) is 1.49. The predicted octanol–water partition coefficient (Wildman–Crippen LogP) is 1.40. The number of hydrogen-bond donors (Lipinski definition) is 0. The summed E-state index contributed by atoms with van der Waals surface area (Å²) >= 11 is 1.67. The maximum Gasteiger partial charge on any atom is 0.330 e. The molecule has 1 aromatic rings. The molecule has 2 rings (SSSR count). The number of carbonyl (C=O) groups is 1. The average Bonchev–Trinajstić information content (AvgIpc) is 2.47. The van der Waals surface area contributed by atoms with E-state index >= 15 is 0 Å². The molecule has 7 heteroatoms. The van der Waals surface area contributed by atoms with Gasteiger partial charge in [0.15, 0.2) is 0 Å². The minimum atomic E-state index is -3.69.